The van der Waals surface area contributed by atoms with E-state index in [4.69, 9.17) is 14.2 Å². The molecule has 4 rings (SSSR count). The molecule has 9 nitrogen and oxygen atoms in total. The summed E-state index contributed by atoms with van der Waals surface area (Å²) < 4.78 is 55.8. The number of carbonyl (C=O) groups is 3. The molecule has 0 aliphatic rings. The molecule has 3 aromatic carbocycles. The Morgan fingerprint density at radius 1 is 0.864 bits per heavy atom. The number of ether oxygens (including phenoxy) is 3. The van der Waals surface area contributed by atoms with Gasteiger partial charge >= 0.3 is 18.1 Å². The molecule has 1 aromatic heterocycles. The molecule has 0 saturated heterocycles. The first kappa shape index (κ1) is 31.9. The molecule has 1 amide bonds. The number of halogens is 3. The Labute approximate surface area is 251 Å². The Kier molecular flexibility index (Phi) is 10.5. The number of esters is 2. The summed E-state index contributed by atoms with van der Waals surface area (Å²) in [6.07, 6.45) is -4.61. The van der Waals surface area contributed by atoms with Crippen molar-refractivity contribution in [2.45, 2.75) is 45.5 Å². The van der Waals surface area contributed by atoms with E-state index in [0.717, 1.165) is 12.1 Å². The van der Waals surface area contributed by atoms with Gasteiger partial charge in [-0.2, -0.15) is 13.2 Å². The third-order valence-electron chi connectivity index (χ3n) is 6.42. The fourth-order valence-corrected chi connectivity index (χ4v) is 4.28. The number of carbonyl (C=O) groups excluding carboxylic acids is 3. The van der Waals surface area contributed by atoms with Gasteiger partial charge in [-0.05, 0) is 62.7 Å². The summed E-state index contributed by atoms with van der Waals surface area (Å²) >= 11 is 0. The van der Waals surface area contributed by atoms with E-state index >= 15 is 0 Å². The lowest BCUT2D eigenvalue weighted by atomic mass is 10.1. The highest BCUT2D eigenvalue weighted by Crippen LogP contribution is 2.32. The molecule has 0 fully saturated rings. The van der Waals surface area contributed by atoms with Crippen LogP contribution in [0.25, 0.3) is 22.3 Å². The number of nitrogens with zero attached hydrogens (tertiary/aromatic N) is 2. The number of fused-ring (bicyclic) bond motifs is 1. The van der Waals surface area contributed by atoms with Gasteiger partial charge in [-0.1, -0.05) is 30.3 Å². The molecule has 0 spiro atoms. The quantitative estimate of drug-likeness (QED) is 0.198. The van der Waals surface area contributed by atoms with Gasteiger partial charge in [0.1, 0.15) is 24.1 Å². The maximum absolute atomic E-state index is 13.3. The van der Waals surface area contributed by atoms with Crippen LogP contribution < -0.4 is 10.1 Å². The van der Waals surface area contributed by atoms with E-state index in [2.05, 4.69) is 15.3 Å². The van der Waals surface area contributed by atoms with Crippen LogP contribution >= 0.6 is 0 Å². The Hall–Kier alpha value is -5.00. The van der Waals surface area contributed by atoms with Crippen LogP contribution in [0.15, 0.2) is 72.8 Å². The molecular formula is C32H30F3N3O6. The zero-order chi connectivity index (χ0) is 31.7. The van der Waals surface area contributed by atoms with E-state index in [1.807, 2.05) is 30.3 Å². The second kappa shape index (κ2) is 14.5. The maximum atomic E-state index is 13.3. The normalized spacial score (nSPS) is 11.9. The fourth-order valence-electron chi connectivity index (χ4n) is 4.28. The molecule has 4 aromatic rings. The number of hydrogen-bond donors (Lipinski definition) is 1. The van der Waals surface area contributed by atoms with Crippen molar-refractivity contribution in [3.63, 3.8) is 0 Å². The van der Waals surface area contributed by atoms with Gasteiger partial charge in [0.05, 0.1) is 35.5 Å². The number of aromatic nitrogens is 2. The van der Waals surface area contributed by atoms with E-state index in [1.165, 1.54) is 30.3 Å². The maximum Gasteiger partial charge on any atom is 0.416 e. The number of benzene rings is 3. The van der Waals surface area contributed by atoms with Gasteiger partial charge in [-0.15, -0.1) is 0 Å². The molecule has 0 radical (unpaired) electrons. The summed E-state index contributed by atoms with van der Waals surface area (Å²) in [7, 11) is 0. The highest BCUT2D eigenvalue weighted by molar-refractivity contribution is 5.97. The first-order valence-corrected chi connectivity index (χ1v) is 13.9. The molecule has 0 aliphatic carbocycles. The molecule has 1 heterocycles. The number of nitrogens with one attached hydrogen (secondary N) is 1. The highest BCUT2D eigenvalue weighted by Gasteiger charge is 2.31. The van der Waals surface area contributed by atoms with Crippen molar-refractivity contribution in [2.24, 2.45) is 0 Å². The van der Waals surface area contributed by atoms with Gasteiger partial charge in [-0.3, -0.25) is 9.59 Å². The molecule has 1 N–H and O–H groups in total. The van der Waals surface area contributed by atoms with Crippen LogP contribution in [-0.2, 0) is 31.8 Å². The molecule has 1 atom stereocenters. The van der Waals surface area contributed by atoms with Gasteiger partial charge in [0, 0.05) is 17.5 Å². The average molecular weight is 610 g/mol. The Morgan fingerprint density at radius 3 is 2.23 bits per heavy atom. The Morgan fingerprint density at radius 2 is 1.57 bits per heavy atom. The zero-order valence-electron chi connectivity index (χ0n) is 24.0. The van der Waals surface area contributed by atoms with Gasteiger partial charge in [0.15, 0.2) is 0 Å². The average Bonchev–Trinajstić information content (AvgIpc) is 3.01. The predicted octanol–water partition coefficient (Wildman–Crippen LogP) is 5.90. The lowest BCUT2D eigenvalue weighted by Gasteiger charge is -2.17. The van der Waals surface area contributed by atoms with Crippen LogP contribution in [0, 0.1) is 0 Å². The zero-order valence-corrected chi connectivity index (χ0v) is 24.0. The summed E-state index contributed by atoms with van der Waals surface area (Å²) in [5, 5.41) is 2.59. The Bertz CT molecular complexity index is 1610. The van der Waals surface area contributed by atoms with E-state index in [9.17, 15) is 27.6 Å². The second-order valence-corrected chi connectivity index (χ2v) is 9.52. The monoisotopic (exact) mass is 609 g/mol. The summed E-state index contributed by atoms with van der Waals surface area (Å²) in [5.41, 5.74) is 1.26. The number of rotatable bonds is 12. The summed E-state index contributed by atoms with van der Waals surface area (Å²) in [6, 6.07) is 17.3. The fraction of sp³-hybridized carbons (Fsp3) is 0.281. The van der Waals surface area contributed by atoms with Crippen LogP contribution in [0.1, 0.15) is 48.3 Å². The highest BCUT2D eigenvalue weighted by atomic mass is 19.4. The first-order valence-electron chi connectivity index (χ1n) is 13.9. The summed E-state index contributed by atoms with van der Waals surface area (Å²) in [6.45, 7) is 3.48. The minimum atomic E-state index is -4.53. The molecule has 12 heteroatoms. The van der Waals surface area contributed by atoms with Crippen LogP contribution in [0.3, 0.4) is 0 Å². The SMILES string of the molecule is CCOC(=O)CC[C@H](NC(=O)c1ccc(OCc2nc3cc(C(F)(F)F)ccc3nc2-c2ccccc2)cc1)C(=O)OCC. The Balaban J connectivity index is 1.50. The number of amides is 1. The van der Waals surface area contributed by atoms with Gasteiger partial charge in [0.25, 0.3) is 5.91 Å². The van der Waals surface area contributed by atoms with Crippen molar-refractivity contribution in [1.29, 1.82) is 0 Å². The minimum Gasteiger partial charge on any atom is -0.487 e. The second-order valence-electron chi connectivity index (χ2n) is 9.52. The van der Waals surface area contributed by atoms with Crippen LogP contribution in [0.5, 0.6) is 5.75 Å². The molecule has 0 saturated carbocycles. The summed E-state index contributed by atoms with van der Waals surface area (Å²) in [5.74, 6) is -1.37. The molecule has 0 bridgehead atoms. The van der Waals surface area contributed by atoms with Gasteiger partial charge in [0.2, 0.25) is 0 Å². The van der Waals surface area contributed by atoms with E-state index < -0.39 is 35.6 Å². The lowest BCUT2D eigenvalue weighted by Crippen LogP contribution is -2.42. The van der Waals surface area contributed by atoms with Crippen molar-refractivity contribution < 1.29 is 41.8 Å². The third kappa shape index (κ3) is 8.30. The van der Waals surface area contributed by atoms with E-state index in [-0.39, 0.29) is 43.7 Å². The van der Waals surface area contributed by atoms with Crippen molar-refractivity contribution >= 4 is 28.9 Å². The van der Waals surface area contributed by atoms with Crippen molar-refractivity contribution in [1.82, 2.24) is 15.3 Å². The van der Waals surface area contributed by atoms with Crippen LogP contribution in [0.2, 0.25) is 0 Å². The van der Waals surface area contributed by atoms with Crippen molar-refractivity contribution in [3.8, 4) is 17.0 Å². The van der Waals surface area contributed by atoms with E-state index in [1.54, 1.807) is 13.8 Å². The molecule has 0 unspecified atom stereocenters. The summed E-state index contributed by atoms with van der Waals surface area (Å²) in [4.78, 5) is 46.0. The van der Waals surface area contributed by atoms with Crippen LogP contribution in [0.4, 0.5) is 13.2 Å². The lowest BCUT2D eigenvalue weighted by molar-refractivity contribution is -0.147. The van der Waals surface area contributed by atoms with Crippen molar-refractivity contribution in [2.75, 3.05) is 13.2 Å². The van der Waals surface area contributed by atoms with Crippen LogP contribution in [-0.4, -0.2) is 47.1 Å². The van der Waals surface area contributed by atoms with Gasteiger partial charge < -0.3 is 19.5 Å². The molecule has 44 heavy (non-hydrogen) atoms. The smallest absolute Gasteiger partial charge is 0.416 e. The number of alkyl halides is 3. The first-order chi connectivity index (χ1) is 21.1. The molecular weight excluding hydrogens is 579 g/mol. The standard InChI is InChI=1S/C32H30F3N3O6/c1-3-42-28(39)17-16-25(31(41)43-4-2)38-30(40)21-10-13-23(14-11-21)44-19-27-29(20-8-6-5-7-9-20)37-24-15-12-22(32(33,34)35)18-26(24)36-27/h5-15,18,25H,3-4,16-17,19H2,1-2H3,(H,38,40)/t25-/m0/s1. The molecule has 230 valence electrons. The number of hydrogen-bond acceptors (Lipinski definition) is 8. The minimum absolute atomic E-state index is 0.00556. The van der Waals surface area contributed by atoms with Crippen molar-refractivity contribution in [3.05, 3.63) is 89.6 Å². The largest absolute Gasteiger partial charge is 0.487 e. The third-order valence-corrected chi connectivity index (χ3v) is 6.42. The topological polar surface area (TPSA) is 117 Å². The molecule has 0 aliphatic heterocycles. The van der Waals surface area contributed by atoms with Gasteiger partial charge in [-0.25, -0.2) is 14.8 Å². The predicted molar refractivity (Wildman–Crippen MR) is 155 cm³/mol. The van der Waals surface area contributed by atoms with E-state index in [0.29, 0.717) is 28.2 Å².